The molecule has 1 saturated heterocycles. The summed E-state index contributed by atoms with van der Waals surface area (Å²) in [5.41, 5.74) is 1.49. The van der Waals surface area contributed by atoms with Gasteiger partial charge >= 0.3 is 0 Å². The first kappa shape index (κ1) is 19.1. The number of nitrogens with zero attached hydrogens (tertiary/aromatic N) is 1. The molecule has 1 atom stereocenters. The standard InChI is InChI=1S/C20H23N3O4S/c24-20(18-11-15-5-8-22-13-19(15)27-18)23-12-14-1-3-16(4-2-14)28(25,26)17-6-9-21-10-7-17/h1-5,8,11,13,17,20-21,23-24H,6-7,9-10,12H2. The molecule has 148 valence electrons. The van der Waals surface area contributed by atoms with Gasteiger partial charge in [-0.3, -0.25) is 10.3 Å². The molecule has 1 aliphatic heterocycles. The molecule has 2 aromatic heterocycles. The minimum atomic E-state index is -3.30. The fourth-order valence-corrected chi connectivity index (χ4v) is 5.21. The zero-order valence-corrected chi connectivity index (χ0v) is 16.2. The average Bonchev–Trinajstić information content (AvgIpc) is 3.17. The Morgan fingerprint density at radius 1 is 1.21 bits per heavy atom. The molecule has 3 heterocycles. The van der Waals surface area contributed by atoms with Crippen LogP contribution in [0.15, 0.2) is 58.1 Å². The van der Waals surface area contributed by atoms with Gasteiger partial charge < -0.3 is 14.8 Å². The minimum absolute atomic E-state index is 0.317. The third-order valence-corrected chi connectivity index (χ3v) is 7.37. The molecule has 1 unspecified atom stereocenters. The summed E-state index contributed by atoms with van der Waals surface area (Å²) in [5, 5.41) is 17.0. The van der Waals surface area contributed by atoms with Gasteiger partial charge in [0, 0.05) is 18.1 Å². The number of aromatic nitrogens is 1. The van der Waals surface area contributed by atoms with Gasteiger partial charge in [0.2, 0.25) is 0 Å². The Bertz CT molecular complexity index is 1010. The van der Waals surface area contributed by atoms with E-state index in [0.29, 0.717) is 35.6 Å². The molecule has 3 N–H and O–H groups in total. The van der Waals surface area contributed by atoms with E-state index >= 15 is 0 Å². The first-order valence-corrected chi connectivity index (χ1v) is 10.9. The highest BCUT2D eigenvalue weighted by Crippen LogP contribution is 2.24. The Kier molecular flexibility index (Phi) is 5.45. The van der Waals surface area contributed by atoms with Crippen molar-refractivity contribution < 1.29 is 17.9 Å². The van der Waals surface area contributed by atoms with Crippen LogP contribution in [-0.4, -0.2) is 36.8 Å². The summed E-state index contributed by atoms with van der Waals surface area (Å²) in [6.45, 7) is 1.85. The molecule has 8 heteroatoms. The van der Waals surface area contributed by atoms with Crippen LogP contribution >= 0.6 is 0 Å². The number of fused-ring (bicyclic) bond motifs is 1. The van der Waals surface area contributed by atoms with Gasteiger partial charge in [0.15, 0.2) is 21.6 Å². The van der Waals surface area contributed by atoms with E-state index in [0.717, 1.165) is 24.0 Å². The summed E-state index contributed by atoms with van der Waals surface area (Å²) >= 11 is 0. The van der Waals surface area contributed by atoms with Gasteiger partial charge in [-0.05, 0) is 55.8 Å². The van der Waals surface area contributed by atoms with E-state index in [-0.39, 0.29) is 5.25 Å². The Balaban J connectivity index is 1.40. The molecule has 0 saturated carbocycles. The number of piperidine rings is 1. The number of aliphatic hydroxyl groups is 1. The van der Waals surface area contributed by atoms with Crippen molar-refractivity contribution in [2.75, 3.05) is 13.1 Å². The molecular weight excluding hydrogens is 378 g/mol. The van der Waals surface area contributed by atoms with E-state index in [1.807, 2.05) is 6.07 Å². The monoisotopic (exact) mass is 401 g/mol. The summed E-state index contributed by atoms with van der Waals surface area (Å²) in [7, 11) is -3.30. The normalized spacial score (nSPS) is 17.0. The lowest BCUT2D eigenvalue weighted by Gasteiger charge is -2.22. The van der Waals surface area contributed by atoms with Gasteiger partial charge in [-0.2, -0.15) is 0 Å². The molecule has 0 aliphatic carbocycles. The first-order chi connectivity index (χ1) is 13.5. The molecule has 4 rings (SSSR count). The van der Waals surface area contributed by atoms with Crippen LogP contribution in [0.25, 0.3) is 11.0 Å². The van der Waals surface area contributed by atoms with E-state index < -0.39 is 16.1 Å². The van der Waals surface area contributed by atoms with E-state index in [4.69, 9.17) is 4.42 Å². The van der Waals surface area contributed by atoms with Crippen LogP contribution in [0.3, 0.4) is 0 Å². The molecule has 1 aliphatic rings. The van der Waals surface area contributed by atoms with Crippen LogP contribution in [0, 0.1) is 0 Å². The van der Waals surface area contributed by atoms with E-state index in [9.17, 15) is 13.5 Å². The van der Waals surface area contributed by atoms with Crippen LogP contribution < -0.4 is 10.6 Å². The maximum Gasteiger partial charge on any atom is 0.181 e. The molecular formula is C20H23N3O4S. The van der Waals surface area contributed by atoms with Gasteiger partial charge in [0.1, 0.15) is 5.76 Å². The number of pyridine rings is 1. The molecule has 28 heavy (non-hydrogen) atoms. The number of aliphatic hydroxyl groups excluding tert-OH is 1. The smallest absolute Gasteiger partial charge is 0.181 e. The summed E-state index contributed by atoms with van der Waals surface area (Å²) in [6.07, 6.45) is 3.59. The van der Waals surface area contributed by atoms with Crippen molar-refractivity contribution in [2.45, 2.75) is 35.8 Å². The van der Waals surface area contributed by atoms with Crippen molar-refractivity contribution in [2.24, 2.45) is 0 Å². The number of benzene rings is 1. The highest BCUT2D eigenvalue weighted by Gasteiger charge is 2.28. The van der Waals surface area contributed by atoms with Gasteiger partial charge in [-0.1, -0.05) is 12.1 Å². The first-order valence-electron chi connectivity index (χ1n) is 9.32. The predicted octanol–water partition coefficient (Wildman–Crippen LogP) is 2.13. The molecule has 0 bridgehead atoms. The summed E-state index contributed by atoms with van der Waals surface area (Å²) in [6, 6.07) is 10.4. The van der Waals surface area contributed by atoms with Crippen molar-refractivity contribution in [3.8, 4) is 0 Å². The van der Waals surface area contributed by atoms with Crippen molar-refractivity contribution >= 4 is 20.8 Å². The Morgan fingerprint density at radius 3 is 2.68 bits per heavy atom. The van der Waals surface area contributed by atoms with E-state index in [1.165, 1.54) is 0 Å². The SMILES string of the molecule is O=S(=O)(c1ccc(CNC(O)c2cc3ccncc3o2)cc1)C1CCNCC1. The lowest BCUT2D eigenvalue weighted by molar-refractivity contribution is 0.114. The fraction of sp³-hybridized carbons (Fsp3) is 0.350. The summed E-state index contributed by atoms with van der Waals surface area (Å²) < 4.78 is 31.1. The largest absolute Gasteiger partial charge is 0.455 e. The lowest BCUT2D eigenvalue weighted by atomic mass is 10.2. The Labute approximate surface area is 163 Å². The lowest BCUT2D eigenvalue weighted by Crippen LogP contribution is -2.35. The van der Waals surface area contributed by atoms with Gasteiger partial charge in [0.25, 0.3) is 0 Å². The van der Waals surface area contributed by atoms with Crippen LogP contribution in [0.2, 0.25) is 0 Å². The van der Waals surface area contributed by atoms with Crippen molar-refractivity contribution in [1.82, 2.24) is 15.6 Å². The molecule has 1 aromatic carbocycles. The van der Waals surface area contributed by atoms with Crippen LogP contribution in [0.1, 0.15) is 30.4 Å². The number of hydrogen-bond donors (Lipinski definition) is 3. The topological polar surface area (TPSA) is 104 Å². The summed E-state index contributed by atoms with van der Waals surface area (Å²) in [4.78, 5) is 4.35. The van der Waals surface area contributed by atoms with Gasteiger partial charge in [-0.25, -0.2) is 8.42 Å². The Morgan fingerprint density at radius 2 is 1.96 bits per heavy atom. The molecule has 3 aromatic rings. The molecule has 0 radical (unpaired) electrons. The number of rotatable bonds is 6. The van der Waals surface area contributed by atoms with E-state index in [2.05, 4.69) is 15.6 Å². The van der Waals surface area contributed by atoms with Crippen molar-refractivity contribution in [3.63, 3.8) is 0 Å². The van der Waals surface area contributed by atoms with Crippen LogP contribution in [0.4, 0.5) is 0 Å². The molecule has 0 spiro atoms. The number of sulfone groups is 1. The highest BCUT2D eigenvalue weighted by atomic mass is 32.2. The number of hydrogen-bond acceptors (Lipinski definition) is 7. The zero-order valence-electron chi connectivity index (χ0n) is 15.3. The third kappa shape index (κ3) is 3.95. The highest BCUT2D eigenvalue weighted by molar-refractivity contribution is 7.92. The van der Waals surface area contributed by atoms with Gasteiger partial charge in [0.05, 0.1) is 16.3 Å². The number of furan rings is 1. The van der Waals surface area contributed by atoms with E-state index in [1.54, 1.807) is 42.7 Å². The quantitative estimate of drug-likeness (QED) is 0.544. The second kappa shape index (κ2) is 8.00. The van der Waals surface area contributed by atoms with Crippen LogP contribution in [0.5, 0.6) is 0 Å². The maximum absolute atomic E-state index is 12.7. The second-order valence-corrected chi connectivity index (χ2v) is 9.21. The van der Waals surface area contributed by atoms with Crippen molar-refractivity contribution in [1.29, 1.82) is 0 Å². The summed E-state index contributed by atoms with van der Waals surface area (Å²) in [5.74, 6) is 0.410. The minimum Gasteiger partial charge on any atom is -0.455 e. The molecule has 7 nitrogen and oxygen atoms in total. The fourth-order valence-electron chi connectivity index (χ4n) is 3.45. The third-order valence-electron chi connectivity index (χ3n) is 5.09. The average molecular weight is 401 g/mol. The Hall–Kier alpha value is -2.26. The van der Waals surface area contributed by atoms with Crippen LogP contribution in [-0.2, 0) is 16.4 Å². The zero-order chi connectivity index (χ0) is 19.6. The van der Waals surface area contributed by atoms with Crippen molar-refractivity contribution in [3.05, 3.63) is 60.1 Å². The second-order valence-electron chi connectivity index (χ2n) is 6.98. The molecule has 0 amide bonds. The van der Waals surface area contributed by atoms with Gasteiger partial charge in [-0.15, -0.1) is 0 Å². The maximum atomic E-state index is 12.7. The molecule has 1 fully saturated rings. The predicted molar refractivity (Wildman–Crippen MR) is 105 cm³/mol. The number of nitrogens with one attached hydrogen (secondary N) is 2.